The van der Waals surface area contributed by atoms with Crippen molar-refractivity contribution in [2.45, 2.75) is 44.7 Å². The molecule has 2 atom stereocenters. The molecule has 2 aliphatic carbocycles. The largest absolute Gasteiger partial charge is 0.497 e. The van der Waals surface area contributed by atoms with Crippen molar-refractivity contribution in [1.29, 1.82) is 0 Å². The summed E-state index contributed by atoms with van der Waals surface area (Å²) in [6.45, 7) is 0.633. The van der Waals surface area contributed by atoms with Crippen molar-refractivity contribution in [2.24, 2.45) is 23.5 Å². The van der Waals surface area contributed by atoms with Gasteiger partial charge in [0, 0.05) is 25.6 Å². The zero-order chi connectivity index (χ0) is 16.4. The van der Waals surface area contributed by atoms with Gasteiger partial charge in [-0.15, -0.1) is 0 Å². The summed E-state index contributed by atoms with van der Waals surface area (Å²) in [5, 5.41) is 0. The smallest absolute Gasteiger partial charge is 0.225 e. The second-order valence-corrected chi connectivity index (χ2v) is 7.24. The van der Waals surface area contributed by atoms with Gasteiger partial charge in [0.25, 0.3) is 0 Å². The molecule has 2 aliphatic rings. The quantitative estimate of drug-likeness (QED) is 0.929. The van der Waals surface area contributed by atoms with Crippen LogP contribution in [0.4, 0.5) is 0 Å². The summed E-state index contributed by atoms with van der Waals surface area (Å²) in [6.07, 6.45) is 5.61. The standard InChI is InChI=1S/C19H28N2O2/c1-21(12-13-5-3-8-17(9-13)23-2)19(22)16-10-14-6-4-7-15(11-16)18(14)20/h3,5,8-9,14-16,18H,4,6-7,10-12,20H2,1-2H3. The topological polar surface area (TPSA) is 55.6 Å². The Labute approximate surface area is 139 Å². The summed E-state index contributed by atoms with van der Waals surface area (Å²) < 4.78 is 5.26. The Morgan fingerprint density at radius 3 is 2.65 bits per heavy atom. The van der Waals surface area contributed by atoms with Crippen LogP contribution in [-0.4, -0.2) is 31.0 Å². The van der Waals surface area contributed by atoms with Gasteiger partial charge in [-0.3, -0.25) is 4.79 Å². The number of amides is 1. The molecule has 4 nitrogen and oxygen atoms in total. The monoisotopic (exact) mass is 316 g/mol. The van der Waals surface area contributed by atoms with E-state index in [1.54, 1.807) is 7.11 Å². The minimum absolute atomic E-state index is 0.153. The van der Waals surface area contributed by atoms with E-state index < -0.39 is 0 Å². The number of rotatable bonds is 4. The molecule has 3 rings (SSSR count). The molecule has 2 unspecified atom stereocenters. The minimum atomic E-state index is 0.153. The number of carbonyl (C=O) groups excluding carboxylic acids is 1. The van der Waals surface area contributed by atoms with Crippen LogP contribution in [0.2, 0.25) is 0 Å². The second kappa shape index (κ2) is 6.91. The van der Waals surface area contributed by atoms with Gasteiger partial charge in [-0.05, 0) is 55.2 Å². The van der Waals surface area contributed by atoms with E-state index in [-0.39, 0.29) is 11.8 Å². The fourth-order valence-corrected chi connectivity index (χ4v) is 4.43. The molecule has 126 valence electrons. The third-order valence-electron chi connectivity index (χ3n) is 5.69. The van der Waals surface area contributed by atoms with Crippen molar-refractivity contribution in [3.63, 3.8) is 0 Å². The summed E-state index contributed by atoms with van der Waals surface area (Å²) in [6, 6.07) is 8.25. The zero-order valence-corrected chi connectivity index (χ0v) is 14.2. The molecular formula is C19H28N2O2. The number of fused-ring (bicyclic) bond motifs is 2. The van der Waals surface area contributed by atoms with E-state index in [0.717, 1.165) is 24.2 Å². The third kappa shape index (κ3) is 3.52. The number of nitrogens with two attached hydrogens (primary N) is 1. The van der Waals surface area contributed by atoms with Crippen LogP contribution in [-0.2, 0) is 11.3 Å². The minimum Gasteiger partial charge on any atom is -0.497 e. The highest BCUT2D eigenvalue weighted by molar-refractivity contribution is 5.78. The zero-order valence-electron chi connectivity index (χ0n) is 14.2. The Kier molecular flexibility index (Phi) is 4.90. The van der Waals surface area contributed by atoms with Crippen LogP contribution in [0.1, 0.15) is 37.7 Å². The van der Waals surface area contributed by atoms with Crippen LogP contribution < -0.4 is 10.5 Å². The molecule has 2 fully saturated rings. The summed E-state index contributed by atoms with van der Waals surface area (Å²) >= 11 is 0. The van der Waals surface area contributed by atoms with Crippen molar-refractivity contribution >= 4 is 5.91 Å². The van der Waals surface area contributed by atoms with Crippen molar-refractivity contribution in [3.05, 3.63) is 29.8 Å². The first-order chi connectivity index (χ1) is 11.1. The molecule has 23 heavy (non-hydrogen) atoms. The van der Waals surface area contributed by atoms with Gasteiger partial charge in [0.05, 0.1) is 7.11 Å². The second-order valence-electron chi connectivity index (χ2n) is 7.24. The number of methoxy groups -OCH3 is 1. The maximum absolute atomic E-state index is 12.8. The average Bonchev–Trinajstić information content (AvgIpc) is 2.54. The lowest BCUT2D eigenvalue weighted by Gasteiger charge is -2.44. The van der Waals surface area contributed by atoms with Crippen LogP contribution in [0.25, 0.3) is 0 Å². The number of ether oxygens (including phenoxy) is 1. The number of benzene rings is 1. The first kappa shape index (κ1) is 16.3. The van der Waals surface area contributed by atoms with Crippen molar-refractivity contribution in [2.75, 3.05) is 14.2 Å². The molecule has 0 aromatic heterocycles. The molecule has 0 aliphatic heterocycles. The van der Waals surface area contributed by atoms with E-state index >= 15 is 0 Å². The predicted octanol–water partition coefficient (Wildman–Crippen LogP) is 2.81. The molecule has 0 spiro atoms. The number of nitrogens with zero attached hydrogens (tertiary/aromatic N) is 1. The SMILES string of the molecule is COc1cccc(CN(C)C(=O)C2CC3CCCC(C2)C3N)c1. The lowest BCUT2D eigenvalue weighted by atomic mass is 9.65. The van der Waals surface area contributed by atoms with Crippen LogP contribution in [0, 0.1) is 17.8 Å². The van der Waals surface area contributed by atoms with Gasteiger partial charge in [-0.25, -0.2) is 0 Å². The van der Waals surface area contributed by atoms with Crippen molar-refractivity contribution in [3.8, 4) is 5.75 Å². The highest BCUT2D eigenvalue weighted by atomic mass is 16.5. The Balaban J connectivity index is 1.63. The molecular weight excluding hydrogens is 288 g/mol. The Bertz CT molecular complexity index is 546. The summed E-state index contributed by atoms with van der Waals surface area (Å²) in [7, 11) is 3.57. The molecule has 2 N–H and O–H groups in total. The highest BCUT2D eigenvalue weighted by Gasteiger charge is 2.41. The van der Waals surface area contributed by atoms with Crippen LogP contribution in [0.3, 0.4) is 0 Å². The molecule has 0 saturated heterocycles. The van der Waals surface area contributed by atoms with E-state index in [1.807, 2.05) is 36.2 Å². The summed E-state index contributed by atoms with van der Waals surface area (Å²) in [5.74, 6) is 2.35. The van der Waals surface area contributed by atoms with Crippen LogP contribution in [0.5, 0.6) is 5.75 Å². The van der Waals surface area contributed by atoms with Gasteiger partial charge >= 0.3 is 0 Å². The number of hydrogen-bond acceptors (Lipinski definition) is 3. The van der Waals surface area contributed by atoms with E-state index in [4.69, 9.17) is 10.5 Å². The fraction of sp³-hybridized carbons (Fsp3) is 0.632. The van der Waals surface area contributed by atoms with E-state index in [1.165, 1.54) is 19.3 Å². The molecule has 1 aromatic carbocycles. The van der Waals surface area contributed by atoms with Gasteiger partial charge < -0.3 is 15.4 Å². The normalized spacial score (nSPS) is 29.9. The van der Waals surface area contributed by atoms with Crippen LogP contribution in [0.15, 0.2) is 24.3 Å². The summed E-state index contributed by atoms with van der Waals surface area (Å²) in [4.78, 5) is 14.7. The van der Waals surface area contributed by atoms with Gasteiger partial charge in [-0.2, -0.15) is 0 Å². The maximum Gasteiger partial charge on any atom is 0.225 e. The highest BCUT2D eigenvalue weighted by Crippen LogP contribution is 2.42. The molecule has 2 saturated carbocycles. The lowest BCUT2D eigenvalue weighted by Crippen LogP contribution is -2.49. The van der Waals surface area contributed by atoms with Gasteiger partial charge in [-0.1, -0.05) is 18.6 Å². The molecule has 0 heterocycles. The fourth-order valence-electron chi connectivity index (χ4n) is 4.43. The van der Waals surface area contributed by atoms with Crippen LogP contribution >= 0.6 is 0 Å². The molecule has 2 bridgehead atoms. The average molecular weight is 316 g/mol. The summed E-state index contributed by atoms with van der Waals surface area (Å²) in [5.41, 5.74) is 7.44. The van der Waals surface area contributed by atoms with Gasteiger partial charge in [0.15, 0.2) is 0 Å². The number of hydrogen-bond donors (Lipinski definition) is 1. The lowest BCUT2D eigenvalue weighted by molar-refractivity contribution is -0.137. The Hall–Kier alpha value is -1.55. The van der Waals surface area contributed by atoms with Crippen molar-refractivity contribution in [1.82, 2.24) is 4.90 Å². The molecule has 4 heteroatoms. The van der Waals surface area contributed by atoms with Gasteiger partial charge in [0.1, 0.15) is 5.75 Å². The third-order valence-corrected chi connectivity index (χ3v) is 5.69. The van der Waals surface area contributed by atoms with E-state index in [9.17, 15) is 4.79 Å². The van der Waals surface area contributed by atoms with E-state index in [2.05, 4.69) is 0 Å². The predicted molar refractivity (Wildman–Crippen MR) is 91.0 cm³/mol. The first-order valence-corrected chi connectivity index (χ1v) is 8.72. The first-order valence-electron chi connectivity index (χ1n) is 8.72. The van der Waals surface area contributed by atoms with Crippen molar-refractivity contribution < 1.29 is 9.53 Å². The Morgan fingerprint density at radius 2 is 2.00 bits per heavy atom. The molecule has 1 aromatic rings. The number of carbonyl (C=O) groups is 1. The Morgan fingerprint density at radius 1 is 1.30 bits per heavy atom. The maximum atomic E-state index is 12.8. The van der Waals surface area contributed by atoms with Gasteiger partial charge in [0.2, 0.25) is 5.91 Å². The molecule has 0 radical (unpaired) electrons. The van der Waals surface area contributed by atoms with E-state index in [0.29, 0.717) is 24.4 Å². The molecule has 1 amide bonds.